The number of carboxylic acids is 1. The van der Waals surface area contributed by atoms with Crippen molar-refractivity contribution in [2.45, 2.75) is 72.1 Å². The highest BCUT2D eigenvalue weighted by molar-refractivity contribution is 5.96. The van der Waals surface area contributed by atoms with E-state index in [2.05, 4.69) is 29.8 Å². The van der Waals surface area contributed by atoms with E-state index in [1.54, 1.807) is 33.0 Å². The highest BCUT2D eigenvalue weighted by atomic mass is 16.6. The number of nitrogens with one attached hydrogen (secondary N) is 3. The molecule has 10 heteroatoms. The molecule has 0 aliphatic carbocycles. The number of hydrogen-bond donors (Lipinski definition) is 4. The molecule has 1 aromatic rings. The molecule has 0 aliphatic rings. The lowest BCUT2D eigenvalue weighted by Crippen LogP contribution is -2.46. The highest BCUT2D eigenvalue weighted by Gasteiger charge is 2.24. The first kappa shape index (κ1) is 28.9. The van der Waals surface area contributed by atoms with Crippen molar-refractivity contribution >= 4 is 23.7 Å². The summed E-state index contributed by atoms with van der Waals surface area (Å²) in [5.41, 5.74) is -1.03. The van der Waals surface area contributed by atoms with Gasteiger partial charge in [0.15, 0.2) is 0 Å². The minimum absolute atomic E-state index is 0.0896. The average Bonchev–Trinajstić information content (AvgIpc) is 2.70. The summed E-state index contributed by atoms with van der Waals surface area (Å²) in [6.07, 6.45) is 4.60. The molecule has 1 unspecified atom stereocenters. The van der Waals surface area contributed by atoms with Crippen LogP contribution in [0.15, 0.2) is 35.3 Å². The number of carbonyl (C=O) groups excluding carboxylic acids is 2. The quantitative estimate of drug-likeness (QED) is 0.252. The van der Waals surface area contributed by atoms with E-state index in [9.17, 15) is 19.2 Å². The number of aromatic nitrogens is 1. The van der Waals surface area contributed by atoms with Gasteiger partial charge in [-0.1, -0.05) is 19.9 Å². The number of allylic oxidation sites excluding steroid dienone is 1. The Morgan fingerprint density at radius 1 is 1.18 bits per heavy atom. The molecule has 10 nitrogen and oxygen atoms in total. The summed E-state index contributed by atoms with van der Waals surface area (Å²) in [4.78, 5) is 48.5. The third kappa shape index (κ3) is 12.2. The number of hydrogen-bond acceptors (Lipinski definition) is 6. The summed E-state index contributed by atoms with van der Waals surface area (Å²) in [6, 6.07) is 2.13. The fraction of sp³-hybridized carbons (Fsp3) is 0.583. The molecule has 0 bridgehead atoms. The van der Waals surface area contributed by atoms with Crippen molar-refractivity contribution in [3.05, 3.63) is 40.8 Å². The number of anilines is 1. The highest BCUT2D eigenvalue weighted by Crippen LogP contribution is 2.09. The van der Waals surface area contributed by atoms with Gasteiger partial charge in [0.2, 0.25) is 5.91 Å². The first-order valence-electron chi connectivity index (χ1n) is 11.5. The molecule has 34 heavy (non-hydrogen) atoms. The molecular formula is C24H38N4O6. The number of alkyl carbamates (subject to hydrolysis) is 1. The predicted octanol–water partition coefficient (Wildman–Crippen LogP) is 2.74. The summed E-state index contributed by atoms with van der Waals surface area (Å²) in [7, 11) is 0. The lowest BCUT2D eigenvalue weighted by molar-refractivity contribution is -0.131. The number of ether oxygens (including phenoxy) is 1. The minimum Gasteiger partial charge on any atom is -0.478 e. The van der Waals surface area contributed by atoms with Crippen LogP contribution in [0.25, 0.3) is 0 Å². The van der Waals surface area contributed by atoms with E-state index in [4.69, 9.17) is 9.84 Å². The summed E-state index contributed by atoms with van der Waals surface area (Å²) >= 11 is 0. The Labute approximate surface area is 200 Å². The maximum atomic E-state index is 12.9. The van der Waals surface area contributed by atoms with Crippen molar-refractivity contribution in [1.82, 2.24) is 15.2 Å². The molecule has 190 valence electrons. The van der Waals surface area contributed by atoms with Crippen LogP contribution in [-0.4, -0.2) is 52.4 Å². The Kier molecular flexibility index (Phi) is 12.1. The zero-order valence-electron chi connectivity index (χ0n) is 20.7. The maximum Gasteiger partial charge on any atom is 0.408 e. The second-order valence-corrected chi connectivity index (χ2v) is 9.36. The average molecular weight is 479 g/mol. The molecule has 1 atom stereocenters. The first-order chi connectivity index (χ1) is 15.9. The van der Waals surface area contributed by atoms with Gasteiger partial charge in [-0.2, -0.15) is 0 Å². The molecule has 0 fully saturated rings. The van der Waals surface area contributed by atoms with Gasteiger partial charge in [0.1, 0.15) is 17.3 Å². The SMILES string of the molecule is CC(C)CCNCCn1cccc(NC(=O)C(CCC=CC(=O)O)NC(=O)OC(C)(C)C)c1=O. The van der Waals surface area contributed by atoms with Crippen molar-refractivity contribution in [2.24, 2.45) is 5.92 Å². The Morgan fingerprint density at radius 3 is 2.50 bits per heavy atom. The normalized spacial score (nSPS) is 12.5. The van der Waals surface area contributed by atoms with Crippen molar-refractivity contribution in [1.29, 1.82) is 0 Å². The van der Waals surface area contributed by atoms with Crippen LogP contribution < -0.4 is 21.5 Å². The third-order valence-corrected chi connectivity index (χ3v) is 4.60. The molecule has 1 rings (SSSR count). The van der Waals surface area contributed by atoms with E-state index in [-0.39, 0.29) is 24.1 Å². The van der Waals surface area contributed by atoms with Crippen LogP contribution in [0, 0.1) is 5.92 Å². The van der Waals surface area contributed by atoms with Gasteiger partial charge in [0, 0.05) is 25.4 Å². The number of aliphatic carboxylic acids is 1. The van der Waals surface area contributed by atoms with Gasteiger partial charge in [-0.05, 0) is 64.6 Å². The van der Waals surface area contributed by atoms with Crippen LogP contribution in [0.4, 0.5) is 10.5 Å². The third-order valence-electron chi connectivity index (χ3n) is 4.60. The van der Waals surface area contributed by atoms with E-state index in [1.807, 2.05) is 0 Å². The number of pyridine rings is 1. The van der Waals surface area contributed by atoms with Gasteiger partial charge in [-0.25, -0.2) is 9.59 Å². The maximum absolute atomic E-state index is 12.9. The molecule has 2 amide bonds. The van der Waals surface area contributed by atoms with Crippen LogP contribution in [0.1, 0.15) is 53.9 Å². The fourth-order valence-corrected chi connectivity index (χ4v) is 2.91. The topological polar surface area (TPSA) is 139 Å². The summed E-state index contributed by atoms with van der Waals surface area (Å²) < 4.78 is 6.72. The van der Waals surface area contributed by atoms with E-state index in [0.717, 1.165) is 19.0 Å². The Hall–Kier alpha value is -3.14. The van der Waals surface area contributed by atoms with Crippen LogP contribution in [0.5, 0.6) is 0 Å². The number of rotatable bonds is 13. The van der Waals surface area contributed by atoms with E-state index < -0.39 is 29.6 Å². The number of carboxylic acid groups (broad SMARTS) is 1. The molecule has 0 saturated carbocycles. The Bertz CT molecular complexity index is 901. The largest absolute Gasteiger partial charge is 0.478 e. The molecule has 0 aromatic carbocycles. The molecule has 1 aromatic heterocycles. The van der Waals surface area contributed by atoms with Crippen LogP contribution >= 0.6 is 0 Å². The zero-order valence-corrected chi connectivity index (χ0v) is 20.7. The lowest BCUT2D eigenvalue weighted by atomic mass is 10.1. The summed E-state index contributed by atoms with van der Waals surface area (Å²) in [6.45, 7) is 11.3. The molecular weight excluding hydrogens is 440 g/mol. The van der Waals surface area contributed by atoms with Gasteiger partial charge in [0.05, 0.1) is 0 Å². The molecule has 0 saturated heterocycles. The molecule has 1 heterocycles. The predicted molar refractivity (Wildman–Crippen MR) is 131 cm³/mol. The molecule has 4 N–H and O–H groups in total. The Morgan fingerprint density at radius 2 is 1.88 bits per heavy atom. The Balaban J connectivity index is 2.85. The van der Waals surface area contributed by atoms with Crippen molar-refractivity contribution in [2.75, 3.05) is 18.4 Å². The number of amides is 2. The summed E-state index contributed by atoms with van der Waals surface area (Å²) in [5, 5.41) is 17.1. The van der Waals surface area contributed by atoms with Crippen molar-refractivity contribution in [3.8, 4) is 0 Å². The number of carbonyl (C=O) groups is 3. The fourth-order valence-electron chi connectivity index (χ4n) is 2.91. The second-order valence-electron chi connectivity index (χ2n) is 9.36. The van der Waals surface area contributed by atoms with Crippen LogP contribution in [0.2, 0.25) is 0 Å². The van der Waals surface area contributed by atoms with E-state index in [1.165, 1.54) is 16.7 Å². The summed E-state index contributed by atoms with van der Waals surface area (Å²) in [5.74, 6) is -1.11. The van der Waals surface area contributed by atoms with E-state index in [0.29, 0.717) is 19.0 Å². The molecule has 0 aliphatic heterocycles. The monoisotopic (exact) mass is 478 g/mol. The second kappa shape index (κ2) is 14.2. The molecule has 0 spiro atoms. The van der Waals surface area contributed by atoms with Gasteiger partial charge in [-0.15, -0.1) is 0 Å². The van der Waals surface area contributed by atoms with E-state index >= 15 is 0 Å². The van der Waals surface area contributed by atoms with Gasteiger partial charge in [-0.3, -0.25) is 9.59 Å². The zero-order chi connectivity index (χ0) is 25.7. The van der Waals surface area contributed by atoms with Gasteiger partial charge >= 0.3 is 12.1 Å². The van der Waals surface area contributed by atoms with Crippen LogP contribution in [-0.2, 0) is 20.9 Å². The number of nitrogens with zero attached hydrogens (tertiary/aromatic N) is 1. The van der Waals surface area contributed by atoms with Crippen molar-refractivity contribution < 1.29 is 24.2 Å². The van der Waals surface area contributed by atoms with Crippen LogP contribution in [0.3, 0.4) is 0 Å². The minimum atomic E-state index is -1.11. The van der Waals surface area contributed by atoms with Gasteiger partial charge in [0.25, 0.3) is 5.56 Å². The lowest BCUT2D eigenvalue weighted by Gasteiger charge is -2.23. The smallest absolute Gasteiger partial charge is 0.408 e. The standard InChI is InChI=1S/C24H38N4O6/c1-17(2)12-13-25-14-16-28-15-8-10-19(22(28)32)26-21(31)18(9-6-7-11-20(29)30)27-23(33)34-24(3,4)5/h7-8,10-11,15,17-18,25H,6,9,12-14,16H2,1-5H3,(H,26,31)(H,27,33)(H,29,30). The first-order valence-corrected chi connectivity index (χ1v) is 11.5. The molecule has 0 radical (unpaired) electrons. The van der Waals surface area contributed by atoms with Crippen molar-refractivity contribution in [3.63, 3.8) is 0 Å². The van der Waals surface area contributed by atoms with Gasteiger partial charge < -0.3 is 30.4 Å².